The molecular weight excluding hydrogens is 238 g/mol. The highest BCUT2D eigenvalue weighted by atomic mass is 32.2. The normalized spacial score (nSPS) is 12.7. The number of nitrogens with two attached hydrogens (primary N) is 1. The van der Waals surface area contributed by atoms with Gasteiger partial charge in [-0.15, -0.1) is 10.2 Å². The van der Waals surface area contributed by atoms with Gasteiger partial charge in [0.2, 0.25) is 0 Å². The van der Waals surface area contributed by atoms with Crippen molar-refractivity contribution in [3.05, 3.63) is 34.8 Å². The zero-order chi connectivity index (χ0) is 11.5. The summed E-state index contributed by atoms with van der Waals surface area (Å²) < 4.78 is 0.964. The van der Waals surface area contributed by atoms with E-state index in [0.717, 1.165) is 19.8 Å². The fourth-order valence-corrected chi connectivity index (χ4v) is 3.37. The zero-order valence-corrected chi connectivity index (χ0v) is 10.8. The standard InChI is InChI=1S/C11H13N3S2/c1-7(12)9-5-3-4-6-10(9)16-11-14-13-8(2)15-11/h3-7H,12H2,1-2H3/t7-/m0/s1. The zero-order valence-electron chi connectivity index (χ0n) is 9.18. The third-order valence-corrected chi connectivity index (χ3v) is 4.10. The molecule has 1 aromatic carbocycles. The summed E-state index contributed by atoms with van der Waals surface area (Å²) in [5.41, 5.74) is 7.08. The fourth-order valence-electron chi connectivity index (χ4n) is 1.36. The number of nitrogens with zero attached hydrogens (tertiary/aromatic N) is 2. The summed E-state index contributed by atoms with van der Waals surface area (Å²) in [6.45, 7) is 3.95. The van der Waals surface area contributed by atoms with E-state index in [9.17, 15) is 0 Å². The van der Waals surface area contributed by atoms with E-state index in [0.29, 0.717) is 0 Å². The molecule has 0 bridgehead atoms. The Morgan fingerprint density at radius 2 is 2.06 bits per heavy atom. The van der Waals surface area contributed by atoms with Crippen LogP contribution in [0.4, 0.5) is 0 Å². The maximum absolute atomic E-state index is 5.93. The van der Waals surface area contributed by atoms with Crippen LogP contribution in [0.5, 0.6) is 0 Å². The van der Waals surface area contributed by atoms with E-state index in [1.54, 1.807) is 23.1 Å². The lowest BCUT2D eigenvalue weighted by atomic mass is 10.1. The molecule has 0 spiro atoms. The maximum atomic E-state index is 5.93. The predicted molar refractivity (Wildman–Crippen MR) is 67.8 cm³/mol. The molecule has 0 aliphatic carbocycles. The third-order valence-electron chi connectivity index (χ3n) is 2.11. The third kappa shape index (κ3) is 2.61. The van der Waals surface area contributed by atoms with Gasteiger partial charge < -0.3 is 5.73 Å². The van der Waals surface area contributed by atoms with E-state index in [1.807, 2.05) is 26.0 Å². The quantitative estimate of drug-likeness (QED) is 0.911. The second-order valence-corrected chi connectivity index (χ2v) is 5.99. The van der Waals surface area contributed by atoms with E-state index in [4.69, 9.17) is 5.73 Å². The molecule has 5 heteroatoms. The van der Waals surface area contributed by atoms with Gasteiger partial charge in [0.05, 0.1) is 0 Å². The molecule has 0 fully saturated rings. The van der Waals surface area contributed by atoms with Crippen molar-refractivity contribution in [1.82, 2.24) is 10.2 Å². The average molecular weight is 251 g/mol. The van der Waals surface area contributed by atoms with Crippen LogP contribution in [0.2, 0.25) is 0 Å². The Hall–Kier alpha value is -0.910. The van der Waals surface area contributed by atoms with Gasteiger partial charge in [-0.25, -0.2) is 0 Å². The van der Waals surface area contributed by atoms with Gasteiger partial charge in [-0.2, -0.15) is 0 Å². The second kappa shape index (κ2) is 4.95. The van der Waals surface area contributed by atoms with Crippen LogP contribution >= 0.6 is 23.1 Å². The highest BCUT2D eigenvalue weighted by Crippen LogP contribution is 2.33. The van der Waals surface area contributed by atoms with E-state index < -0.39 is 0 Å². The van der Waals surface area contributed by atoms with Crippen molar-refractivity contribution in [3.8, 4) is 0 Å². The van der Waals surface area contributed by atoms with Crippen molar-refractivity contribution >= 4 is 23.1 Å². The lowest BCUT2D eigenvalue weighted by Gasteiger charge is -2.10. The molecule has 0 aliphatic heterocycles. The lowest BCUT2D eigenvalue weighted by Crippen LogP contribution is -2.05. The summed E-state index contributed by atoms with van der Waals surface area (Å²) in [4.78, 5) is 1.16. The molecule has 0 unspecified atom stereocenters. The Kier molecular flexibility index (Phi) is 3.58. The number of aromatic nitrogens is 2. The van der Waals surface area contributed by atoms with Gasteiger partial charge in [-0.05, 0) is 25.5 Å². The molecular formula is C11H13N3S2. The molecule has 2 N–H and O–H groups in total. The van der Waals surface area contributed by atoms with Crippen molar-refractivity contribution in [1.29, 1.82) is 0 Å². The molecule has 0 saturated heterocycles. The summed E-state index contributed by atoms with van der Waals surface area (Å²) in [7, 11) is 0. The summed E-state index contributed by atoms with van der Waals surface area (Å²) >= 11 is 3.23. The lowest BCUT2D eigenvalue weighted by molar-refractivity contribution is 0.797. The highest BCUT2D eigenvalue weighted by molar-refractivity contribution is 8.01. The van der Waals surface area contributed by atoms with Gasteiger partial charge >= 0.3 is 0 Å². The Bertz CT molecular complexity index is 480. The molecule has 1 heterocycles. The SMILES string of the molecule is Cc1nnc(Sc2ccccc2[C@H](C)N)s1. The highest BCUT2D eigenvalue weighted by Gasteiger charge is 2.09. The number of rotatable bonds is 3. The van der Waals surface area contributed by atoms with Crippen LogP contribution in [0.15, 0.2) is 33.5 Å². The Balaban J connectivity index is 2.27. The van der Waals surface area contributed by atoms with Gasteiger partial charge in [-0.1, -0.05) is 41.3 Å². The van der Waals surface area contributed by atoms with Crippen molar-refractivity contribution in [2.75, 3.05) is 0 Å². The number of hydrogen-bond acceptors (Lipinski definition) is 5. The van der Waals surface area contributed by atoms with Crippen LogP contribution in [-0.4, -0.2) is 10.2 Å². The largest absolute Gasteiger partial charge is 0.324 e. The Morgan fingerprint density at radius 3 is 2.69 bits per heavy atom. The van der Waals surface area contributed by atoms with E-state index in [2.05, 4.69) is 22.3 Å². The first kappa shape index (κ1) is 11.6. The van der Waals surface area contributed by atoms with Gasteiger partial charge in [0.25, 0.3) is 0 Å². The first-order valence-corrected chi connectivity index (χ1v) is 6.62. The summed E-state index contributed by atoms with van der Waals surface area (Å²) in [6.07, 6.45) is 0. The van der Waals surface area contributed by atoms with Crippen molar-refractivity contribution in [3.63, 3.8) is 0 Å². The summed E-state index contributed by atoms with van der Waals surface area (Å²) in [5.74, 6) is 0. The number of benzene rings is 1. The van der Waals surface area contributed by atoms with Crippen LogP contribution in [0.1, 0.15) is 23.5 Å². The van der Waals surface area contributed by atoms with Gasteiger partial charge in [0.15, 0.2) is 4.34 Å². The topological polar surface area (TPSA) is 51.8 Å². The molecule has 0 aliphatic rings. The molecule has 0 saturated carbocycles. The summed E-state index contributed by atoms with van der Waals surface area (Å²) in [6, 6.07) is 8.19. The van der Waals surface area contributed by atoms with Crippen LogP contribution in [0, 0.1) is 6.92 Å². The smallest absolute Gasteiger partial charge is 0.179 e. The Labute approximate surface area is 103 Å². The minimum absolute atomic E-state index is 0.0396. The van der Waals surface area contributed by atoms with E-state index in [-0.39, 0.29) is 6.04 Å². The Morgan fingerprint density at radius 1 is 1.31 bits per heavy atom. The van der Waals surface area contributed by atoms with Gasteiger partial charge in [0, 0.05) is 10.9 Å². The number of hydrogen-bond donors (Lipinski definition) is 1. The molecule has 84 valence electrons. The second-order valence-electron chi connectivity index (χ2n) is 3.52. The molecule has 2 rings (SSSR count). The average Bonchev–Trinajstić information content (AvgIpc) is 2.64. The first-order valence-electron chi connectivity index (χ1n) is 4.99. The minimum Gasteiger partial charge on any atom is -0.324 e. The van der Waals surface area contributed by atoms with Crippen molar-refractivity contribution in [2.24, 2.45) is 5.73 Å². The van der Waals surface area contributed by atoms with Crippen LogP contribution in [-0.2, 0) is 0 Å². The minimum atomic E-state index is 0.0396. The van der Waals surface area contributed by atoms with Gasteiger partial charge in [0.1, 0.15) is 5.01 Å². The number of aryl methyl sites for hydroxylation is 1. The van der Waals surface area contributed by atoms with E-state index >= 15 is 0 Å². The van der Waals surface area contributed by atoms with Crippen LogP contribution < -0.4 is 5.73 Å². The molecule has 1 atom stereocenters. The molecule has 2 aromatic rings. The first-order chi connectivity index (χ1) is 7.66. The molecule has 1 aromatic heterocycles. The van der Waals surface area contributed by atoms with Crippen molar-refractivity contribution in [2.45, 2.75) is 29.1 Å². The maximum Gasteiger partial charge on any atom is 0.179 e. The molecule has 3 nitrogen and oxygen atoms in total. The van der Waals surface area contributed by atoms with Crippen LogP contribution in [0.3, 0.4) is 0 Å². The fraction of sp³-hybridized carbons (Fsp3) is 0.273. The molecule has 0 radical (unpaired) electrons. The van der Waals surface area contributed by atoms with Gasteiger partial charge in [-0.3, -0.25) is 0 Å². The summed E-state index contributed by atoms with van der Waals surface area (Å²) in [5, 5.41) is 9.09. The molecule has 16 heavy (non-hydrogen) atoms. The van der Waals surface area contributed by atoms with Crippen LogP contribution in [0.25, 0.3) is 0 Å². The van der Waals surface area contributed by atoms with Crippen molar-refractivity contribution < 1.29 is 0 Å². The van der Waals surface area contributed by atoms with E-state index in [1.165, 1.54) is 0 Å². The predicted octanol–water partition coefficient (Wildman–Crippen LogP) is 3.02. The molecule has 0 amide bonds. The monoisotopic (exact) mass is 251 g/mol.